The van der Waals surface area contributed by atoms with E-state index < -0.39 is 5.54 Å². The first-order chi connectivity index (χ1) is 18.5. The molecule has 1 amide bonds. The van der Waals surface area contributed by atoms with Gasteiger partial charge in [-0.15, -0.1) is 0 Å². The molecule has 3 aromatic carbocycles. The minimum Gasteiger partial charge on any atom is -0.497 e. The molecule has 0 spiro atoms. The topological polar surface area (TPSA) is 101 Å². The molecule has 200 valence electrons. The Morgan fingerprint density at radius 3 is 2.39 bits per heavy atom. The van der Waals surface area contributed by atoms with E-state index in [1.807, 2.05) is 72.8 Å². The van der Waals surface area contributed by atoms with E-state index in [9.17, 15) is 4.79 Å². The summed E-state index contributed by atoms with van der Waals surface area (Å²) in [6.45, 7) is 1.21. The number of halogens is 1. The van der Waals surface area contributed by atoms with E-state index >= 15 is 0 Å². The lowest BCUT2D eigenvalue weighted by Crippen LogP contribution is -2.53. The van der Waals surface area contributed by atoms with Gasteiger partial charge in [-0.05, 0) is 66.1 Å². The third-order valence-electron chi connectivity index (χ3n) is 6.17. The van der Waals surface area contributed by atoms with E-state index in [-0.39, 0.29) is 19.1 Å². The number of carbonyl (C=O) groups is 1. The number of nitrogens with one attached hydrogen (secondary N) is 2. The highest BCUT2D eigenvalue weighted by Gasteiger charge is 2.44. The van der Waals surface area contributed by atoms with Crippen LogP contribution in [0.3, 0.4) is 0 Å². The predicted octanol–water partition coefficient (Wildman–Crippen LogP) is 3.84. The number of hydrogen-bond acceptors (Lipinski definition) is 7. The van der Waals surface area contributed by atoms with Crippen LogP contribution in [0.25, 0.3) is 0 Å². The van der Waals surface area contributed by atoms with Crippen molar-refractivity contribution in [2.24, 2.45) is 4.99 Å². The van der Waals surface area contributed by atoms with Crippen LogP contribution in [0.15, 0.2) is 82.3 Å². The summed E-state index contributed by atoms with van der Waals surface area (Å²) in [6.07, 6.45) is 1.69. The van der Waals surface area contributed by atoms with Crippen molar-refractivity contribution in [3.05, 3.63) is 94.0 Å². The van der Waals surface area contributed by atoms with Crippen molar-refractivity contribution in [1.29, 1.82) is 0 Å². The molecule has 9 heteroatoms. The van der Waals surface area contributed by atoms with Crippen LogP contribution < -0.4 is 20.3 Å². The van der Waals surface area contributed by atoms with Crippen LogP contribution in [0.5, 0.6) is 11.5 Å². The molecule has 0 aromatic heterocycles. The molecular formula is C29H32BrN3O5. The molecule has 38 heavy (non-hydrogen) atoms. The van der Waals surface area contributed by atoms with Crippen LogP contribution in [-0.2, 0) is 22.4 Å². The summed E-state index contributed by atoms with van der Waals surface area (Å²) >= 11 is 3.46. The normalized spacial score (nSPS) is 16.4. The summed E-state index contributed by atoms with van der Waals surface area (Å²) in [5, 5.41) is 8.93. The zero-order chi connectivity index (χ0) is 26.8. The maximum Gasteiger partial charge on any atom is 0.266 e. The average molecular weight is 582 g/mol. The third kappa shape index (κ3) is 7.34. The number of hydrogen-bond donors (Lipinski definition) is 3. The fraction of sp³-hybridized carbons (Fsp3) is 0.310. The average Bonchev–Trinajstić information content (AvgIpc) is 3.38. The SMILES string of the molecule is COc1ccc(CCNNC(=O)[C@]2(Cc3ccc(Br)cc3)COC(c3ccc(OCCCO)cc3)=N2)cc1. The number of rotatable bonds is 13. The number of nitrogens with zero attached hydrogens (tertiary/aromatic N) is 1. The van der Waals surface area contributed by atoms with Crippen LogP contribution >= 0.6 is 15.9 Å². The second-order valence-corrected chi connectivity index (χ2v) is 9.89. The molecule has 1 aliphatic rings. The van der Waals surface area contributed by atoms with E-state index in [2.05, 4.69) is 26.8 Å². The van der Waals surface area contributed by atoms with Crippen molar-refractivity contribution in [2.75, 3.05) is 33.5 Å². The number of hydrazine groups is 1. The molecule has 0 saturated heterocycles. The molecule has 0 fully saturated rings. The summed E-state index contributed by atoms with van der Waals surface area (Å²) < 4.78 is 17.7. The highest BCUT2D eigenvalue weighted by atomic mass is 79.9. The Kier molecular flexibility index (Phi) is 9.75. The molecule has 1 heterocycles. The van der Waals surface area contributed by atoms with Crippen molar-refractivity contribution in [2.45, 2.75) is 24.8 Å². The molecule has 1 atom stereocenters. The van der Waals surface area contributed by atoms with Crippen LogP contribution in [-0.4, -0.2) is 55.9 Å². The Balaban J connectivity index is 1.44. The Morgan fingerprint density at radius 2 is 1.71 bits per heavy atom. The van der Waals surface area contributed by atoms with Crippen molar-refractivity contribution in [1.82, 2.24) is 10.9 Å². The summed E-state index contributed by atoms with van der Waals surface area (Å²) in [5.74, 6) is 1.66. The fourth-order valence-corrected chi connectivity index (χ4v) is 4.29. The predicted molar refractivity (Wildman–Crippen MR) is 150 cm³/mol. The maximum absolute atomic E-state index is 13.5. The number of aliphatic hydroxyl groups excluding tert-OH is 1. The largest absolute Gasteiger partial charge is 0.497 e. The van der Waals surface area contributed by atoms with Crippen molar-refractivity contribution < 1.29 is 24.1 Å². The van der Waals surface area contributed by atoms with Crippen LogP contribution in [0.2, 0.25) is 0 Å². The molecule has 0 aliphatic carbocycles. The van der Waals surface area contributed by atoms with Crippen molar-refractivity contribution in [3.8, 4) is 11.5 Å². The van der Waals surface area contributed by atoms with Gasteiger partial charge in [-0.1, -0.05) is 40.2 Å². The van der Waals surface area contributed by atoms with Gasteiger partial charge >= 0.3 is 0 Å². The van der Waals surface area contributed by atoms with Gasteiger partial charge in [0.1, 0.15) is 18.1 Å². The van der Waals surface area contributed by atoms with Gasteiger partial charge < -0.3 is 19.3 Å². The highest BCUT2D eigenvalue weighted by molar-refractivity contribution is 9.10. The zero-order valence-corrected chi connectivity index (χ0v) is 22.9. The van der Waals surface area contributed by atoms with E-state index in [1.54, 1.807) is 7.11 Å². The lowest BCUT2D eigenvalue weighted by Gasteiger charge is -2.23. The second kappa shape index (κ2) is 13.4. The van der Waals surface area contributed by atoms with E-state index in [0.717, 1.165) is 33.3 Å². The molecule has 0 bridgehead atoms. The summed E-state index contributed by atoms with van der Waals surface area (Å²) in [5.41, 5.74) is 7.64. The molecule has 0 radical (unpaired) electrons. The lowest BCUT2D eigenvalue weighted by molar-refractivity contribution is -0.127. The zero-order valence-electron chi connectivity index (χ0n) is 21.3. The first-order valence-corrected chi connectivity index (χ1v) is 13.3. The molecular weight excluding hydrogens is 550 g/mol. The maximum atomic E-state index is 13.5. The third-order valence-corrected chi connectivity index (χ3v) is 6.70. The van der Waals surface area contributed by atoms with Gasteiger partial charge in [-0.25, -0.2) is 10.4 Å². The number of benzene rings is 3. The summed E-state index contributed by atoms with van der Waals surface area (Å²) in [6, 6.07) is 23.0. The fourth-order valence-electron chi connectivity index (χ4n) is 4.03. The summed E-state index contributed by atoms with van der Waals surface area (Å²) in [7, 11) is 1.64. The van der Waals surface area contributed by atoms with Gasteiger partial charge in [-0.2, -0.15) is 0 Å². The van der Waals surface area contributed by atoms with Gasteiger partial charge in [0.15, 0.2) is 5.54 Å². The Hall–Kier alpha value is -3.40. The first-order valence-electron chi connectivity index (χ1n) is 12.5. The molecule has 3 N–H and O–H groups in total. The van der Waals surface area contributed by atoms with Crippen molar-refractivity contribution >= 4 is 27.7 Å². The summed E-state index contributed by atoms with van der Waals surface area (Å²) in [4.78, 5) is 18.3. The van der Waals surface area contributed by atoms with Crippen LogP contribution in [0.1, 0.15) is 23.1 Å². The van der Waals surface area contributed by atoms with Crippen molar-refractivity contribution in [3.63, 3.8) is 0 Å². The van der Waals surface area contributed by atoms with Crippen LogP contribution in [0.4, 0.5) is 0 Å². The molecule has 0 saturated carbocycles. The van der Waals surface area contributed by atoms with Gasteiger partial charge in [0.2, 0.25) is 5.90 Å². The number of methoxy groups -OCH3 is 1. The molecule has 0 unspecified atom stereocenters. The number of aliphatic imine (C=N–C) groups is 1. The second-order valence-electron chi connectivity index (χ2n) is 8.97. The van der Waals surface area contributed by atoms with Crippen LogP contribution in [0, 0.1) is 0 Å². The minimum absolute atomic E-state index is 0.0849. The van der Waals surface area contributed by atoms with E-state index in [0.29, 0.717) is 37.6 Å². The standard InChI is InChI=1S/C29H32BrN3O5/c1-36-25-11-5-21(6-12-25)15-16-31-33-28(35)29(19-22-3-9-24(30)10-4-22)20-38-27(32-29)23-7-13-26(14-8-23)37-18-2-17-34/h3-14,31,34H,2,15-20H2,1H3,(H,33,35)/t29-/m0/s1. The van der Waals surface area contributed by atoms with Gasteiger partial charge in [0, 0.05) is 36.0 Å². The Morgan fingerprint density at radius 1 is 1.03 bits per heavy atom. The Bertz CT molecular complexity index is 1220. The number of carbonyl (C=O) groups excluding carboxylic acids is 1. The first kappa shape index (κ1) is 27.6. The number of aliphatic hydroxyl groups is 1. The minimum atomic E-state index is -1.12. The lowest BCUT2D eigenvalue weighted by atomic mass is 9.91. The molecule has 3 aromatic rings. The Labute approximate surface area is 231 Å². The van der Waals surface area contributed by atoms with E-state index in [1.165, 1.54) is 0 Å². The van der Waals surface area contributed by atoms with Gasteiger partial charge in [-0.3, -0.25) is 10.2 Å². The van der Waals surface area contributed by atoms with E-state index in [4.69, 9.17) is 24.3 Å². The molecule has 4 rings (SSSR count). The number of ether oxygens (including phenoxy) is 3. The van der Waals surface area contributed by atoms with Gasteiger partial charge in [0.05, 0.1) is 13.7 Å². The smallest absolute Gasteiger partial charge is 0.266 e. The quantitative estimate of drug-likeness (QED) is 0.209. The monoisotopic (exact) mass is 581 g/mol. The molecule has 1 aliphatic heterocycles. The number of amides is 1. The highest BCUT2D eigenvalue weighted by Crippen LogP contribution is 2.28. The van der Waals surface area contributed by atoms with Gasteiger partial charge in [0.25, 0.3) is 5.91 Å². The molecule has 8 nitrogen and oxygen atoms in total.